The molecule has 0 radical (unpaired) electrons. The third-order valence-electron chi connectivity index (χ3n) is 4.02. The number of allylic oxidation sites excluding steroid dienone is 2. The predicted octanol–water partition coefficient (Wildman–Crippen LogP) is 3.23. The minimum absolute atomic E-state index is 0.0111. The summed E-state index contributed by atoms with van der Waals surface area (Å²) in [4.78, 5) is 24.0. The third kappa shape index (κ3) is 4.20. The topological polar surface area (TPSA) is 78.4 Å². The van der Waals surface area contributed by atoms with Crippen molar-refractivity contribution in [1.29, 1.82) is 0 Å². The van der Waals surface area contributed by atoms with Gasteiger partial charge in [-0.05, 0) is 42.8 Å². The number of Topliss-reactive ketones (excluding diaryl/α,β-unsaturated/α-hetero) is 2. The SMILES string of the molecule is CCNC(=S)Nc1ccc(C2CC(=O)C(C(=O)CC)=C(O)C2)cc1. The van der Waals surface area contributed by atoms with E-state index in [1.165, 1.54) is 0 Å². The van der Waals surface area contributed by atoms with Gasteiger partial charge in [0.25, 0.3) is 0 Å². The van der Waals surface area contributed by atoms with Gasteiger partial charge >= 0.3 is 0 Å². The average Bonchev–Trinajstić information content (AvgIpc) is 2.54. The summed E-state index contributed by atoms with van der Waals surface area (Å²) in [5, 5.41) is 16.7. The molecule has 0 aromatic heterocycles. The van der Waals surface area contributed by atoms with Crippen molar-refractivity contribution in [2.75, 3.05) is 11.9 Å². The second-order valence-electron chi connectivity index (χ2n) is 5.73. The normalized spacial score (nSPS) is 17.6. The molecule has 6 heteroatoms. The summed E-state index contributed by atoms with van der Waals surface area (Å²) in [6.45, 7) is 4.40. The molecule has 0 saturated carbocycles. The Morgan fingerprint density at radius 2 is 1.92 bits per heavy atom. The average molecular weight is 346 g/mol. The maximum Gasteiger partial charge on any atom is 0.170 e. The number of nitrogens with one attached hydrogen (secondary N) is 2. The van der Waals surface area contributed by atoms with Gasteiger partial charge < -0.3 is 15.7 Å². The number of anilines is 1. The Hall–Kier alpha value is -2.21. The van der Waals surface area contributed by atoms with Crippen LogP contribution in [0.25, 0.3) is 0 Å². The van der Waals surface area contributed by atoms with E-state index in [9.17, 15) is 14.7 Å². The van der Waals surface area contributed by atoms with Gasteiger partial charge in [-0.25, -0.2) is 0 Å². The Kier molecular flexibility index (Phi) is 6.09. The molecule has 0 spiro atoms. The van der Waals surface area contributed by atoms with Crippen LogP contribution in [-0.4, -0.2) is 28.3 Å². The van der Waals surface area contributed by atoms with E-state index in [2.05, 4.69) is 10.6 Å². The van der Waals surface area contributed by atoms with E-state index in [4.69, 9.17) is 12.2 Å². The Balaban J connectivity index is 2.11. The van der Waals surface area contributed by atoms with Gasteiger partial charge in [0.1, 0.15) is 5.76 Å². The molecule has 24 heavy (non-hydrogen) atoms. The Morgan fingerprint density at radius 1 is 1.25 bits per heavy atom. The van der Waals surface area contributed by atoms with Crippen molar-refractivity contribution in [2.24, 2.45) is 0 Å². The second-order valence-corrected chi connectivity index (χ2v) is 6.14. The van der Waals surface area contributed by atoms with Gasteiger partial charge in [0.05, 0.1) is 5.57 Å². The minimum atomic E-state index is -0.285. The van der Waals surface area contributed by atoms with Crippen molar-refractivity contribution >= 4 is 34.6 Å². The molecular weight excluding hydrogens is 324 g/mol. The summed E-state index contributed by atoms with van der Waals surface area (Å²) in [7, 11) is 0. The molecule has 1 unspecified atom stereocenters. The Bertz CT molecular complexity index is 680. The van der Waals surface area contributed by atoms with Gasteiger partial charge in [-0.3, -0.25) is 9.59 Å². The van der Waals surface area contributed by atoms with Crippen LogP contribution in [0.2, 0.25) is 0 Å². The van der Waals surface area contributed by atoms with Gasteiger partial charge in [0.2, 0.25) is 0 Å². The second kappa shape index (κ2) is 8.06. The van der Waals surface area contributed by atoms with Gasteiger partial charge in [0.15, 0.2) is 16.7 Å². The number of carbonyl (C=O) groups is 2. The van der Waals surface area contributed by atoms with Crippen molar-refractivity contribution in [3.05, 3.63) is 41.2 Å². The zero-order chi connectivity index (χ0) is 17.7. The van der Waals surface area contributed by atoms with Crippen LogP contribution in [0.5, 0.6) is 0 Å². The molecule has 1 aliphatic rings. The first-order valence-electron chi connectivity index (χ1n) is 8.09. The molecule has 1 atom stereocenters. The van der Waals surface area contributed by atoms with Crippen molar-refractivity contribution < 1.29 is 14.7 Å². The standard InChI is InChI=1S/C18H22N2O3S/c1-3-14(21)17-15(22)9-12(10-16(17)23)11-5-7-13(8-6-11)20-18(24)19-4-2/h5-8,12,22H,3-4,9-10H2,1-2H3,(H2,19,20,24). The van der Waals surface area contributed by atoms with E-state index in [0.717, 1.165) is 17.8 Å². The lowest BCUT2D eigenvalue weighted by Gasteiger charge is -2.23. The summed E-state index contributed by atoms with van der Waals surface area (Å²) in [5.41, 5.74) is 1.80. The van der Waals surface area contributed by atoms with Crippen LogP contribution in [0.4, 0.5) is 5.69 Å². The fourth-order valence-electron chi connectivity index (χ4n) is 2.80. The number of hydrogen-bond acceptors (Lipinski definition) is 4. The highest BCUT2D eigenvalue weighted by Gasteiger charge is 2.31. The van der Waals surface area contributed by atoms with Crippen LogP contribution in [0.15, 0.2) is 35.6 Å². The highest BCUT2D eigenvalue weighted by Crippen LogP contribution is 2.34. The molecule has 128 valence electrons. The van der Waals surface area contributed by atoms with E-state index in [1.54, 1.807) is 6.92 Å². The van der Waals surface area contributed by atoms with E-state index >= 15 is 0 Å². The number of hydrogen-bond donors (Lipinski definition) is 3. The summed E-state index contributed by atoms with van der Waals surface area (Å²) in [6.07, 6.45) is 0.783. The monoisotopic (exact) mass is 346 g/mol. The van der Waals surface area contributed by atoms with Gasteiger partial charge in [-0.2, -0.15) is 0 Å². The lowest BCUT2D eigenvalue weighted by atomic mass is 9.81. The molecule has 1 aromatic carbocycles. The maximum absolute atomic E-state index is 12.2. The molecule has 0 saturated heterocycles. The number of aliphatic hydroxyl groups is 1. The quantitative estimate of drug-likeness (QED) is 0.561. The molecule has 0 heterocycles. The van der Waals surface area contributed by atoms with E-state index in [1.807, 2.05) is 31.2 Å². The minimum Gasteiger partial charge on any atom is -0.511 e. The van der Waals surface area contributed by atoms with Crippen LogP contribution in [0.3, 0.4) is 0 Å². The highest BCUT2D eigenvalue weighted by molar-refractivity contribution is 7.80. The Morgan fingerprint density at radius 3 is 2.46 bits per heavy atom. The first-order valence-corrected chi connectivity index (χ1v) is 8.50. The van der Waals surface area contributed by atoms with Crippen LogP contribution in [0, 0.1) is 0 Å². The van der Waals surface area contributed by atoms with Crippen molar-refractivity contribution in [3.63, 3.8) is 0 Å². The first-order chi connectivity index (χ1) is 11.5. The number of aliphatic hydroxyl groups excluding tert-OH is 1. The maximum atomic E-state index is 12.2. The molecule has 0 bridgehead atoms. The number of thiocarbonyl (C=S) groups is 1. The predicted molar refractivity (Wildman–Crippen MR) is 98.3 cm³/mol. The number of rotatable bonds is 5. The van der Waals surface area contributed by atoms with Gasteiger partial charge in [0, 0.05) is 31.5 Å². The third-order valence-corrected chi connectivity index (χ3v) is 4.26. The fourth-order valence-corrected chi connectivity index (χ4v) is 3.06. The van der Waals surface area contributed by atoms with Crippen LogP contribution in [0.1, 0.15) is 44.6 Å². The number of carbonyl (C=O) groups excluding carboxylic acids is 2. The molecule has 0 aliphatic heterocycles. The zero-order valence-corrected chi connectivity index (χ0v) is 14.7. The van der Waals surface area contributed by atoms with Crippen molar-refractivity contribution in [1.82, 2.24) is 5.32 Å². The van der Waals surface area contributed by atoms with Gasteiger partial charge in [-0.1, -0.05) is 19.1 Å². The van der Waals surface area contributed by atoms with Crippen LogP contribution >= 0.6 is 12.2 Å². The van der Waals surface area contributed by atoms with Crippen molar-refractivity contribution in [3.8, 4) is 0 Å². The Labute approximate surface area is 147 Å². The molecule has 1 aliphatic carbocycles. The van der Waals surface area contributed by atoms with Gasteiger partial charge in [-0.15, -0.1) is 0 Å². The molecule has 2 rings (SSSR count). The van der Waals surface area contributed by atoms with Crippen LogP contribution < -0.4 is 10.6 Å². The fraction of sp³-hybridized carbons (Fsp3) is 0.389. The smallest absolute Gasteiger partial charge is 0.170 e. The first kappa shape index (κ1) is 18.1. The molecule has 0 amide bonds. The summed E-state index contributed by atoms with van der Waals surface area (Å²) < 4.78 is 0. The molecular formula is C18H22N2O3S. The lowest BCUT2D eigenvalue weighted by molar-refractivity contribution is -0.122. The largest absolute Gasteiger partial charge is 0.511 e. The molecule has 3 N–H and O–H groups in total. The van der Waals surface area contributed by atoms with Crippen LogP contribution in [-0.2, 0) is 9.59 Å². The summed E-state index contributed by atoms with van der Waals surface area (Å²) >= 11 is 5.13. The number of ketones is 2. The molecule has 1 aromatic rings. The summed E-state index contributed by atoms with van der Waals surface area (Å²) in [6, 6.07) is 7.59. The van der Waals surface area contributed by atoms with E-state index in [0.29, 0.717) is 11.5 Å². The zero-order valence-electron chi connectivity index (χ0n) is 13.9. The number of benzene rings is 1. The summed E-state index contributed by atoms with van der Waals surface area (Å²) in [5.74, 6) is -0.752. The molecule has 5 nitrogen and oxygen atoms in total. The van der Waals surface area contributed by atoms with Crippen molar-refractivity contribution in [2.45, 2.75) is 39.0 Å². The lowest BCUT2D eigenvalue weighted by Crippen LogP contribution is -2.27. The highest BCUT2D eigenvalue weighted by atomic mass is 32.1. The van der Waals surface area contributed by atoms with E-state index < -0.39 is 0 Å². The molecule has 0 fully saturated rings. The van der Waals surface area contributed by atoms with E-state index in [-0.39, 0.29) is 41.7 Å².